The number of hydrogen-bond donors (Lipinski definition) is 2. The van der Waals surface area contributed by atoms with Gasteiger partial charge in [-0.05, 0) is 37.3 Å². The first-order chi connectivity index (χ1) is 10.2. The normalized spacial score (nSPS) is 14.6. The minimum atomic E-state index is -5.00. The third-order valence-electron chi connectivity index (χ3n) is 2.72. The number of carbonyl (C=O) groups is 1. The van der Waals surface area contributed by atoms with Gasteiger partial charge in [0.05, 0.1) is 19.4 Å². The Labute approximate surface area is 124 Å². The van der Waals surface area contributed by atoms with Gasteiger partial charge >= 0.3 is 6.18 Å². The molecule has 1 aromatic rings. The zero-order valence-electron chi connectivity index (χ0n) is 11.7. The molecule has 0 aliphatic carbocycles. The molecule has 2 N–H and O–H groups in total. The molecule has 0 aliphatic heterocycles. The van der Waals surface area contributed by atoms with Crippen LogP contribution in [0, 0.1) is 5.82 Å². The van der Waals surface area contributed by atoms with Gasteiger partial charge in [0.2, 0.25) is 0 Å². The maximum Gasteiger partial charge on any atom is 0.422 e. The zero-order chi connectivity index (χ0) is 16.8. The average Bonchev–Trinajstić information content (AvgIpc) is 2.44. The predicted octanol–water partition coefficient (Wildman–Crippen LogP) is 2.40. The van der Waals surface area contributed by atoms with Gasteiger partial charge in [0.25, 0.3) is 5.91 Å². The van der Waals surface area contributed by atoms with Crippen LogP contribution in [-0.2, 0) is 4.74 Å². The van der Waals surface area contributed by atoms with Gasteiger partial charge < -0.3 is 15.2 Å². The molecule has 1 aromatic carbocycles. The molecule has 0 spiro atoms. The van der Waals surface area contributed by atoms with Gasteiger partial charge in [-0.1, -0.05) is 0 Å². The number of nitrogens with one attached hydrogen (secondary N) is 1. The molecule has 22 heavy (non-hydrogen) atoms. The van der Waals surface area contributed by atoms with E-state index in [1.165, 1.54) is 0 Å². The van der Waals surface area contributed by atoms with E-state index < -0.39 is 30.0 Å². The number of amides is 1. The van der Waals surface area contributed by atoms with Crippen molar-refractivity contribution in [3.63, 3.8) is 0 Å². The Morgan fingerprint density at radius 3 is 2.41 bits per heavy atom. The average molecular weight is 321 g/mol. The van der Waals surface area contributed by atoms with Crippen molar-refractivity contribution in [2.75, 3.05) is 13.2 Å². The monoisotopic (exact) mass is 321 g/mol. The van der Waals surface area contributed by atoms with Crippen molar-refractivity contribution in [2.24, 2.45) is 0 Å². The van der Waals surface area contributed by atoms with Crippen molar-refractivity contribution in [1.29, 1.82) is 0 Å². The van der Waals surface area contributed by atoms with E-state index in [2.05, 4.69) is 4.74 Å². The summed E-state index contributed by atoms with van der Waals surface area (Å²) in [5, 5.41) is 11.6. The highest BCUT2D eigenvalue weighted by molar-refractivity contribution is 5.94. The highest BCUT2D eigenvalue weighted by Crippen LogP contribution is 2.31. The molecule has 122 valence electrons. The van der Waals surface area contributed by atoms with Crippen molar-refractivity contribution >= 4 is 5.91 Å². The van der Waals surface area contributed by atoms with E-state index in [4.69, 9.17) is 0 Å². The van der Waals surface area contributed by atoms with E-state index in [-0.39, 0.29) is 12.2 Å². The number of carbonyl (C=O) groups excluding carboxylic acids is 1. The third kappa shape index (κ3) is 4.73. The minimum Gasteiger partial charge on any atom is -0.502 e. The van der Waals surface area contributed by atoms with Crippen LogP contribution in [0.2, 0.25) is 0 Å². The lowest BCUT2D eigenvalue weighted by Crippen LogP contribution is -2.52. The fraction of sp³-hybridized carbons (Fsp3) is 0.357. The Bertz CT molecular complexity index is 528. The quantitative estimate of drug-likeness (QED) is 0.625. The number of halogens is 4. The number of hydrogen-bond acceptors (Lipinski definition) is 3. The number of rotatable bonds is 6. The van der Waals surface area contributed by atoms with Crippen LogP contribution in [0.4, 0.5) is 17.6 Å². The van der Waals surface area contributed by atoms with Crippen LogP contribution in [0.15, 0.2) is 36.6 Å². The topological polar surface area (TPSA) is 58.6 Å². The molecule has 0 fully saturated rings. The van der Waals surface area contributed by atoms with Crippen molar-refractivity contribution in [3.05, 3.63) is 48.0 Å². The molecule has 4 nitrogen and oxygen atoms in total. The second-order valence-corrected chi connectivity index (χ2v) is 4.37. The Kier molecular flexibility index (Phi) is 5.92. The van der Waals surface area contributed by atoms with Crippen molar-refractivity contribution in [3.8, 4) is 0 Å². The van der Waals surface area contributed by atoms with Gasteiger partial charge in [-0.15, -0.1) is 0 Å². The Hall–Kier alpha value is -2.09. The van der Waals surface area contributed by atoms with Crippen molar-refractivity contribution in [1.82, 2.24) is 5.32 Å². The standard InChI is InChI=1S/C14H15F4NO3/c1-2-22-8-7-13(21,14(16,17)18)9-19-12(20)10-3-5-11(15)6-4-10/h3-8,21H,2,9H2,1H3,(H,19,20). The van der Waals surface area contributed by atoms with Gasteiger partial charge in [0, 0.05) is 5.56 Å². The van der Waals surface area contributed by atoms with Crippen molar-refractivity contribution < 1.29 is 32.2 Å². The summed E-state index contributed by atoms with van der Waals surface area (Å²) in [6.07, 6.45) is -3.87. The summed E-state index contributed by atoms with van der Waals surface area (Å²) in [4.78, 5) is 11.7. The Morgan fingerprint density at radius 1 is 1.32 bits per heavy atom. The molecule has 1 unspecified atom stereocenters. The van der Waals surface area contributed by atoms with E-state index in [0.29, 0.717) is 6.08 Å². The van der Waals surface area contributed by atoms with E-state index in [1.807, 2.05) is 5.32 Å². The summed E-state index contributed by atoms with van der Waals surface area (Å²) >= 11 is 0. The maximum absolute atomic E-state index is 12.9. The lowest BCUT2D eigenvalue weighted by Gasteiger charge is -2.27. The molecule has 0 radical (unpaired) electrons. The molecule has 0 heterocycles. The van der Waals surface area contributed by atoms with E-state index in [0.717, 1.165) is 30.5 Å². The zero-order valence-corrected chi connectivity index (χ0v) is 11.7. The summed E-state index contributed by atoms with van der Waals surface area (Å²) in [6.45, 7) is 0.593. The first-order valence-electron chi connectivity index (χ1n) is 6.32. The fourth-order valence-electron chi connectivity index (χ4n) is 1.43. The van der Waals surface area contributed by atoms with Gasteiger partial charge in [0.15, 0.2) is 5.60 Å². The van der Waals surface area contributed by atoms with Crippen LogP contribution in [0.5, 0.6) is 0 Å². The van der Waals surface area contributed by atoms with E-state index in [1.54, 1.807) is 6.92 Å². The summed E-state index contributed by atoms with van der Waals surface area (Å²) in [5.41, 5.74) is -3.29. The molecule has 0 aromatic heterocycles. The van der Waals surface area contributed by atoms with Gasteiger partial charge in [-0.25, -0.2) is 4.39 Å². The van der Waals surface area contributed by atoms with Crippen LogP contribution in [0.1, 0.15) is 17.3 Å². The molecule has 0 saturated heterocycles. The summed E-state index contributed by atoms with van der Waals surface area (Å²) in [6, 6.07) is 4.24. The van der Waals surface area contributed by atoms with Gasteiger partial charge in [-0.2, -0.15) is 13.2 Å². The van der Waals surface area contributed by atoms with Crippen LogP contribution < -0.4 is 5.32 Å². The third-order valence-corrected chi connectivity index (χ3v) is 2.72. The minimum absolute atomic E-state index is 0.0280. The fourth-order valence-corrected chi connectivity index (χ4v) is 1.43. The summed E-state index contributed by atoms with van der Waals surface area (Å²) < 4.78 is 56.0. The molecule has 1 rings (SSSR count). The number of aliphatic hydroxyl groups is 1. The van der Waals surface area contributed by atoms with E-state index >= 15 is 0 Å². The molecular weight excluding hydrogens is 306 g/mol. The molecule has 8 heteroatoms. The lowest BCUT2D eigenvalue weighted by molar-refractivity contribution is -0.237. The highest BCUT2D eigenvalue weighted by Gasteiger charge is 2.52. The largest absolute Gasteiger partial charge is 0.502 e. The molecular formula is C14H15F4NO3. The molecule has 1 atom stereocenters. The lowest BCUT2D eigenvalue weighted by atomic mass is 10.0. The van der Waals surface area contributed by atoms with E-state index in [9.17, 15) is 27.5 Å². The van der Waals surface area contributed by atoms with Gasteiger partial charge in [-0.3, -0.25) is 4.79 Å². The van der Waals surface area contributed by atoms with Crippen molar-refractivity contribution in [2.45, 2.75) is 18.7 Å². The predicted molar refractivity (Wildman–Crippen MR) is 70.5 cm³/mol. The van der Waals surface area contributed by atoms with Crippen LogP contribution >= 0.6 is 0 Å². The Balaban J connectivity index is 2.79. The van der Waals surface area contributed by atoms with Crippen LogP contribution in [0.3, 0.4) is 0 Å². The molecule has 1 amide bonds. The summed E-state index contributed by atoms with van der Waals surface area (Å²) in [7, 11) is 0. The number of benzene rings is 1. The summed E-state index contributed by atoms with van der Waals surface area (Å²) in [5.74, 6) is -1.45. The Morgan fingerprint density at radius 2 is 1.91 bits per heavy atom. The second-order valence-electron chi connectivity index (χ2n) is 4.37. The highest BCUT2D eigenvalue weighted by atomic mass is 19.4. The first kappa shape index (κ1) is 18.0. The maximum atomic E-state index is 12.9. The van der Waals surface area contributed by atoms with Gasteiger partial charge in [0.1, 0.15) is 5.82 Å². The smallest absolute Gasteiger partial charge is 0.422 e. The van der Waals surface area contributed by atoms with Crippen LogP contribution in [0.25, 0.3) is 0 Å². The first-order valence-corrected chi connectivity index (χ1v) is 6.32. The SMILES string of the molecule is CCOC=CC(O)(CNC(=O)c1ccc(F)cc1)C(F)(F)F. The second kappa shape index (κ2) is 7.26. The molecule has 0 saturated carbocycles. The molecule has 0 aliphatic rings. The van der Waals surface area contributed by atoms with Crippen LogP contribution in [-0.4, -0.2) is 35.9 Å². The number of ether oxygens (including phenoxy) is 1. The molecule has 0 bridgehead atoms. The number of alkyl halides is 3.